The van der Waals surface area contributed by atoms with Gasteiger partial charge in [-0.25, -0.2) is 0 Å². The van der Waals surface area contributed by atoms with Crippen LogP contribution < -0.4 is 5.32 Å². The van der Waals surface area contributed by atoms with Crippen molar-refractivity contribution in [2.75, 3.05) is 13.2 Å². The zero-order chi connectivity index (χ0) is 14.7. The van der Waals surface area contributed by atoms with E-state index in [1.807, 2.05) is 11.7 Å². The zero-order valence-electron chi connectivity index (χ0n) is 12.9. The summed E-state index contributed by atoms with van der Waals surface area (Å²) in [6, 6.07) is 0.355. The van der Waals surface area contributed by atoms with Crippen LogP contribution in [0.1, 0.15) is 38.6 Å². The fourth-order valence-corrected chi connectivity index (χ4v) is 3.83. The van der Waals surface area contributed by atoms with Gasteiger partial charge >= 0.3 is 0 Å². The quantitative estimate of drug-likeness (QED) is 0.862. The van der Waals surface area contributed by atoms with Crippen LogP contribution in [-0.4, -0.2) is 35.1 Å². The topological polar surface area (TPSA) is 39.1 Å². The van der Waals surface area contributed by atoms with E-state index in [2.05, 4.69) is 47.1 Å². The van der Waals surface area contributed by atoms with Crippen molar-refractivity contribution >= 4 is 15.9 Å². The summed E-state index contributed by atoms with van der Waals surface area (Å²) >= 11 is 3.71. The Kier molecular flexibility index (Phi) is 5.64. The fraction of sp³-hybridized carbons (Fsp3) is 0.800. The molecule has 2 heterocycles. The van der Waals surface area contributed by atoms with Crippen LogP contribution in [0.25, 0.3) is 0 Å². The van der Waals surface area contributed by atoms with Crippen molar-refractivity contribution in [2.24, 2.45) is 13.0 Å². The highest BCUT2D eigenvalue weighted by atomic mass is 79.9. The summed E-state index contributed by atoms with van der Waals surface area (Å²) < 4.78 is 9.13. The maximum absolute atomic E-state index is 5.96. The third-order valence-corrected chi connectivity index (χ3v) is 5.14. The van der Waals surface area contributed by atoms with Crippen molar-refractivity contribution in [3.05, 3.63) is 15.9 Å². The van der Waals surface area contributed by atoms with Gasteiger partial charge in [-0.15, -0.1) is 0 Å². The second kappa shape index (κ2) is 7.05. The highest BCUT2D eigenvalue weighted by Crippen LogP contribution is 2.28. The van der Waals surface area contributed by atoms with E-state index in [-0.39, 0.29) is 0 Å². The number of halogens is 1. The van der Waals surface area contributed by atoms with Gasteiger partial charge in [0, 0.05) is 26.1 Å². The minimum Gasteiger partial charge on any atom is -0.376 e. The molecule has 1 aromatic heterocycles. The van der Waals surface area contributed by atoms with Gasteiger partial charge in [0.25, 0.3) is 0 Å². The molecule has 1 aliphatic heterocycles. The number of aryl methyl sites for hydroxylation is 2. The minimum absolute atomic E-state index is 0.307. The van der Waals surface area contributed by atoms with Gasteiger partial charge in [0.15, 0.2) is 0 Å². The van der Waals surface area contributed by atoms with Crippen molar-refractivity contribution in [2.45, 2.75) is 52.2 Å². The largest absolute Gasteiger partial charge is 0.376 e. The van der Waals surface area contributed by atoms with Gasteiger partial charge in [-0.05, 0) is 41.2 Å². The van der Waals surface area contributed by atoms with Crippen molar-refractivity contribution < 1.29 is 4.74 Å². The summed E-state index contributed by atoms with van der Waals surface area (Å²) in [5.41, 5.74) is 2.40. The van der Waals surface area contributed by atoms with Crippen LogP contribution in [0, 0.1) is 5.92 Å². The summed E-state index contributed by atoms with van der Waals surface area (Å²) in [7, 11) is 2.03. The number of likely N-dealkylation sites (N-methyl/N-ethyl adjacent to an activating group) is 1. The van der Waals surface area contributed by atoms with Crippen LogP contribution in [0.5, 0.6) is 0 Å². The van der Waals surface area contributed by atoms with Crippen LogP contribution in [-0.2, 0) is 24.6 Å². The molecule has 3 atom stereocenters. The summed E-state index contributed by atoms with van der Waals surface area (Å²) in [5, 5.41) is 8.19. The van der Waals surface area contributed by atoms with E-state index in [0.717, 1.165) is 36.2 Å². The van der Waals surface area contributed by atoms with E-state index in [9.17, 15) is 0 Å². The highest BCUT2D eigenvalue weighted by molar-refractivity contribution is 9.10. The SMILES string of the molecule is CCNC(Cc1c(Br)c(CC)nn1C)C1OCCC1C. The summed E-state index contributed by atoms with van der Waals surface area (Å²) in [6.07, 6.45) is 3.38. The third kappa shape index (κ3) is 3.26. The van der Waals surface area contributed by atoms with Crippen LogP contribution in [0.4, 0.5) is 0 Å². The molecule has 20 heavy (non-hydrogen) atoms. The van der Waals surface area contributed by atoms with Crippen LogP contribution in [0.15, 0.2) is 4.47 Å². The average molecular weight is 344 g/mol. The Bertz CT molecular complexity index is 447. The first-order valence-corrected chi connectivity index (χ1v) is 8.42. The number of rotatable bonds is 6. The molecule has 1 aromatic rings. The Morgan fingerprint density at radius 1 is 1.50 bits per heavy atom. The smallest absolute Gasteiger partial charge is 0.0766 e. The average Bonchev–Trinajstić information content (AvgIpc) is 2.96. The highest BCUT2D eigenvalue weighted by Gasteiger charge is 2.32. The Balaban J connectivity index is 2.17. The lowest BCUT2D eigenvalue weighted by atomic mass is 9.94. The molecule has 0 saturated carbocycles. The molecule has 0 radical (unpaired) electrons. The monoisotopic (exact) mass is 343 g/mol. The second-order valence-corrected chi connectivity index (χ2v) is 6.45. The maximum atomic E-state index is 5.96. The molecule has 1 N–H and O–H groups in total. The summed E-state index contributed by atoms with van der Waals surface area (Å²) in [6.45, 7) is 8.44. The molecule has 1 aliphatic rings. The lowest BCUT2D eigenvalue weighted by molar-refractivity contribution is 0.0609. The lowest BCUT2D eigenvalue weighted by Gasteiger charge is -2.27. The molecule has 0 bridgehead atoms. The van der Waals surface area contributed by atoms with E-state index >= 15 is 0 Å². The molecule has 0 amide bonds. The van der Waals surface area contributed by atoms with Gasteiger partial charge in [-0.3, -0.25) is 4.68 Å². The zero-order valence-corrected chi connectivity index (χ0v) is 14.5. The first-order valence-electron chi connectivity index (χ1n) is 7.63. The summed E-state index contributed by atoms with van der Waals surface area (Å²) in [4.78, 5) is 0. The van der Waals surface area contributed by atoms with Crippen molar-refractivity contribution in [3.8, 4) is 0 Å². The second-order valence-electron chi connectivity index (χ2n) is 5.65. The van der Waals surface area contributed by atoms with Crippen LogP contribution in [0.2, 0.25) is 0 Å². The van der Waals surface area contributed by atoms with E-state index in [4.69, 9.17) is 4.74 Å². The molecule has 0 aliphatic carbocycles. The minimum atomic E-state index is 0.307. The summed E-state index contributed by atoms with van der Waals surface area (Å²) in [5.74, 6) is 0.622. The number of nitrogens with zero attached hydrogens (tertiary/aromatic N) is 2. The molecule has 3 unspecified atom stereocenters. The van der Waals surface area contributed by atoms with Crippen molar-refractivity contribution in [1.29, 1.82) is 0 Å². The van der Waals surface area contributed by atoms with Crippen molar-refractivity contribution in [3.63, 3.8) is 0 Å². The Hall–Kier alpha value is -0.390. The van der Waals surface area contributed by atoms with E-state index in [1.54, 1.807) is 0 Å². The van der Waals surface area contributed by atoms with Crippen LogP contribution >= 0.6 is 15.9 Å². The molecule has 5 heteroatoms. The number of nitrogens with one attached hydrogen (secondary N) is 1. The molecule has 1 saturated heterocycles. The Morgan fingerprint density at radius 2 is 2.25 bits per heavy atom. The molecular weight excluding hydrogens is 318 g/mol. The molecule has 4 nitrogen and oxygen atoms in total. The van der Waals surface area contributed by atoms with E-state index in [1.165, 1.54) is 12.1 Å². The standard InChI is InChI=1S/C15H26BrN3O/c1-5-11-14(16)13(19(4)18-11)9-12(17-6-2)15-10(3)7-8-20-15/h10,12,15,17H,5-9H2,1-4H3. The fourth-order valence-electron chi connectivity index (χ4n) is 3.05. The van der Waals surface area contributed by atoms with Gasteiger partial charge in [0.05, 0.1) is 22.0 Å². The number of ether oxygens (including phenoxy) is 1. The molecule has 2 rings (SSSR count). The Morgan fingerprint density at radius 3 is 2.75 bits per heavy atom. The molecule has 114 valence electrons. The molecular formula is C15H26BrN3O. The third-order valence-electron chi connectivity index (χ3n) is 4.22. The number of hydrogen-bond donors (Lipinski definition) is 1. The molecule has 1 fully saturated rings. The predicted molar refractivity (Wildman–Crippen MR) is 85.0 cm³/mol. The van der Waals surface area contributed by atoms with Gasteiger partial charge in [0.2, 0.25) is 0 Å². The lowest BCUT2D eigenvalue weighted by Crippen LogP contribution is -2.44. The number of aromatic nitrogens is 2. The van der Waals surface area contributed by atoms with Gasteiger partial charge in [-0.1, -0.05) is 20.8 Å². The first-order chi connectivity index (χ1) is 9.58. The van der Waals surface area contributed by atoms with Crippen molar-refractivity contribution in [1.82, 2.24) is 15.1 Å². The van der Waals surface area contributed by atoms with Gasteiger partial charge < -0.3 is 10.1 Å². The van der Waals surface area contributed by atoms with Gasteiger partial charge in [0.1, 0.15) is 0 Å². The van der Waals surface area contributed by atoms with Crippen LogP contribution in [0.3, 0.4) is 0 Å². The number of hydrogen-bond acceptors (Lipinski definition) is 3. The normalized spacial score (nSPS) is 24.2. The van der Waals surface area contributed by atoms with E-state index < -0.39 is 0 Å². The first kappa shape index (κ1) is 16.0. The van der Waals surface area contributed by atoms with Gasteiger partial charge in [-0.2, -0.15) is 5.10 Å². The molecule has 0 aromatic carbocycles. The molecule has 0 spiro atoms. The predicted octanol–water partition coefficient (Wildman–Crippen LogP) is 2.69. The Labute approximate surface area is 130 Å². The maximum Gasteiger partial charge on any atom is 0.0766 e. The van der Waals surface area contributed by atoms with E-state index in [0.29, 0.717) is 18.1 Å².